The third-order valence-corrected chi connectivity index (χ3v) is 16.3. The Morgan fingerprint density at radius 2 is 0.791 bits per heavy atom. The number of carboxylic acids is 1. The molecule has 6 aromatic carbocycles. The SMILES string of the molecule is C.CCCN.CCCNC(=O)c1ccc2oc(=O)n(Cc3cccc(-c4ncc(OCCCN(C)C)cn4)c3)c2c1.CN(C)CCCOc1cnc(-c2cccc(Cn3c(=O)oc4ccc(C(=O)O)cc43)c2)nc1.COC(=O)c1ccc2oc(=O)n(Cc3cccc(-c4ncc(OCCCN(C)C)cn4)c3)c2c1.Cl.Cl. The first-order chi connectivity index (χ1) is 51.7. The van der Waals surface area contributed by atoms with Gasteiger partial charge in [-0.05, 0) is 170 Å². The fourth-order valence-electron chi connectivity index (χ4n) is 10.8. The molecule has 6 heterocycles. The van der Waals surface area contributed by atoms with Gasteiger partial charge in [-0.25, -0.2) is 53.9 Å². The molecule has 584 valence electrons. The van der Waals surface area contributed by atoms with Crippen LogP contribution in [0.25, 0.3) is 67.5 Å². The van der Waals surface area contributed by atoms with Crippen LogP contribution in [0.15, 0.2) is 192 Å². The summed E-state index contributed by atoms with van der Waals surface area (Å²) in [6, 6.07) is 36.9. The molecule has 12 rings (SSSR count). The van der Waals surface area contributed by atoms with Crippen molar-refractivity contribution in [3.8, 4) is 51.4 Å². The predicted molar refractivity (Wildman–Crippen MR) is 429 cm³/mol. The second kappa shape index (κ2) is 43.6. The number of aromatic carboxylic acids is 1. The molecule has 28 nitrogen and oxygen atoms in total. The molecule has 0 aliphatic heterocycles. The van der Waals surface area contributed by atoms with Crippen LogP contribution >= 0.6 is 24.8 Å². The number of nitrogens with zero attached hydrogens (tertiary/aromatic N) is 12. The van der Waals surface area contributed by atoms with Gasteiger partial charge in [-0.15, -0.1) is 24.8 Å². The number of oxazole rings is 3. The van der Waals surface area contributed by atoms with Crippen molar-refractivity contribution in [1.82, 2.24) is 63.6 Å². The molecule has 12 aromatic rings. The Kier molecular flexibility index (Phi) is 34.7. The molecule has 0 radical (unpaired) electrons. The first-order valence-electron chi connectivity index (χ1n) is 35.0. The van der Waals surface area contributed by atoms with E-state index >= 15 is 0 Å². The fourth-order valence-corrected chi connectivity index (χ4v) is 10.8. The number of nitrogens with two attached hydrogens (primary N) is 1. The summed E-state index contributed by atoms with van der Waals surface area (Å²) in [7, 11) is 13.5. The lowest BCUT2D eigenvalue weighted by molar-refractivity contribution is 0.0599. The van der Waals surface area contributed by atoms with Gasteiger partial charge in [0.25, 0.3) is 5.91 Å². The Labute approximate surface area is 649 Å². The van der Waals surface area contributed by atoms with E-state index in [9.17, 15) is 33.9 Å². The van der Waals surface area contributed by atoms with E-state index in [2.05, 4.69) is 56.8 Å². The monoisotopic (exact) mass is 1550 g/mol. The van der Waals surface area contributed by atoms with Crippen molar-refractivity contribution in [1.29, 1.82) is 0 Å². The molecule has 0 saturated heterocycles. The molecule has 30 heteroatoms. The number of rotatable bonds is 30. The van der Waals surface area contributed by atoms with E-state index in [1.165, 1.54) is 39.0 Å². The molecule has 0 aliphatic carbocycles. The summed E-state index contributed by atoms with van der Waals surface area (Å²) in [5, 5.41) is 12.1. The quantitative estimate of drug-likeness (QED) is 0.0278. The molecule has 0 spiro atoms. The highest BCUT2D eigenvalue weighted by molar-refractivity contribution is 5.97. The zero-order valence-electron chi connectivity index (χ0n) is 62.4. The maximum Gasteiger partial charge on any atom is 0.420 e. The van der Waals surface area contributed by atoms with Gasteiger partial charge in [-0.3, -0.25) is 18.5 Å². The van der Waals surface area contributed by atoms with Crippen LogP contribution in [-0.2, 0) is 24.4 Å². The fraction of sp³-hybridized carbons (Fsp3) is 0.325. The molecule has 0 atom stereocenters. The second-order valence-electron chi connectivity index (χ2n) is 25.6. The van der Waals surface area contributed by atoms with E-state index in [-0.39, 0.29) is 63.3 Å². The maximum atomic E-state index is 12.6. The number of hydrogen-bond acceptors (Lipinski definition) is 23. The molecule has 4 N–H and O–H groups in total. The van der Waals surface area contributed by atoms with Gasteiger partial charge in [0, 0.05) is 48.4 Å². The van der Waals surface area contributed by atoms with E-state index in [4.69, 9.17) is 37.9 Å². The molecule has 1 amide bonds. The smallest absolute Gasteiger partial charge is 0.420 e. The highest BCUT2D eigenvalue weighted by Crippen LogP contribution is 2.26. The van der Waals surface area contributed by atoms with Gasteiger partial charge in [-0.1, -0.05) is 75.9 Å². The van der Waals surface area contributed by atoms with Gasteiger partial charge in [0.15, 0.2) is 51.5 Å². The standard InChI is InChI=1S/C27H31N5O4.C25H26N4O5.C24H24N4O5.C3H9N.CH4.2ClH/c1-4-11-28-26(33)21-9-10-24-23(15-21)32(27(34)36-24)18-19-7-5-8-20(14-19)25-29-16-22(17-30-25)35-13-6-12-31(2)3;1-28(2)10-5-11-33-20-14-26-23(27-15-20)18-7-4-6-17(12-18)16-29-21-13-19(24(30)32-3)8-9-22(21)34-25(29)31;1-27(2)9-4-10-32-19-13-25-22(26-14-19)17-6-3-5-16(11-17)15-28-20-12-18(23(29)30)7-8-21(20)33-24(28)31;1-2-3-4;;;/h5,7-10,14-17H,4,6,11-13,18H2,1-3H3,(H,28,33);4,6-9,12-15H,5,10-11,16H2,1-3H3;3,5-8,11-14H,4,9-10,15H2,1-2H3,(H,29,30);2-4H2,1H3;1H4;2*1H. The second-order valence-corrected chi connectivity index (χ2v) is 25.6. The minimum Gasteiger partial charge on any atom is -0.490 e. The highest BCUT2D eigenvalue weighted by Gasteiger charge is 2.19. The van der Waals surface area contributed by atoms with E-state index in [0.717, 1.165) is 91.7 Å². The topological polar surface area (TPSA) is 339 Å². The molecule has 6 aromatic heterocycles. The van der Waals surface area contributed by atoms with Crippen molar-refractivity contribution in [2.75, 3.05) is 102 Å². The molecular formula is C80H96Cl2N14O14. The van der Waals surface area contributed by atoms with Crippen molar-refractivity contribution >= 4 is 76.0 Å². The van der Waals surface area contributed by atoms with Crippen LogP contribution < -0.4 is 42.5 Å². The summed E-state index contributed by atoms with van der Waals surface area (Å²) in [4.78, 5) is 106. The number of carbonyl (C=O) groups excluding carboxylic acids is 2. The number of carboxylic acid groups (broad SMARTS) is 1. The third kappa shape index (κ3) is 25.1. The van der Waals surface area contributed by atoms with Crippen LogP contribution in [0.5, 0.6) is 17.2 Å². The Balaban J connectivity index is 0.000000248. The third-order valence-electron chi connectivity index (χ3n) is 16.3. The van der Waals surface area contributed by atoms with Crippen LogP contribution in [-0.4, -0.2) is 183 Å². The van der Waals surface area contributed by atoms with Crippen LogP contribution in [0.3, 0.4) is 0 Å². The minimum absolute atomic E-state index is 0. The predicted octanol–water partition coefficient (Wildman–Crippen LogP) is 11.8. The number of hydrogen-bond donors (Lipinski definition) is 3. The van der Waals surface area contributed by atoms with E-state index < -0.39 is 29.2 Å². The number of fused-ring (bicyclic) bond motifs is 3. The summed E-state index contributed by atoms with van der Waals surface area (Å²) < 4.78 is 42.3. The summed E-state index contributed by atoms with van der Waals surface area (Å²) in [6.45, 7) is 10.9. The van der Waals surface area contributed by atoms with Gasteiger partial charge in [0.05, 0.1) is 111 Å². The Bertz CT molecular complexity index is 5100. The van der Waals surface area contributed by atoms with E-state index in [1.54, 1.807) is 73.6 Å². The normalized spacial score (nSPS) is 10.8. The number of esters is 1. The Morgan fingerprint density at radius 1 is 0.473 bits per heavy atom. The minimum atomic E-state index is -1.07. The van der Waals surface area contributed by atoms with E-state index in [1.807, 2.05) is 122 Å². The first kappa shape index (κ1) is 87.5. The first-order valence-corrected chi connectivity index (χ1v) is 35.0. The summed E-state index contributed by atoms with van der Waals surface area (Å²) >= 11 is 0. The molecular weight excluding hydrogens is 1450 g/mol. The number of amides is 1. The van der Waals surface area contributed by atoms with Gasteiger partial charge in [0.2, 0.25) is 0 Å². The van der Waals surface area contributed by atoms with Crippen molar-refractivity contribution in [2.45, 2.75) is 73.0 Å². The van der Waals surface area contributed by atoms with Crippen LogP contribution in [0.4, 0.5) is 0 Å². The van der Waals surface area contributed by atoms with Gasteiger partial charge >= 0.3 is 29.2 Å². The number of halogens is 2. The summed E-state index contributed by atoms with van der Waals surface area (Å²) in [5.41, 5.74) is 13.6. The summed E-state index contributed by atoms with van der Waals surface area (Å²) in [6.07, 6.45) is 14.6. The number of methoxy groups -OCH3 is 1. The molecule has 0 unspecified atom stereocenters. The molecule has 0 saturated carbocycles. The van der Waals surface area contributed by atoms with Crippen molar-refractivity contribution in [3.63, 3.8) is 0 Å². The van der Waals surface area contributed by atoms with Crippen molar-refractivity contribution in [3.05, 3.63) is 230 Å². The Morgan fingerprint density at radius 3 is 1.10 bits per heavy atom. The van der Waals surface area contributed by atoms with Crippen LogP contribution in [0.2, 0.25) is 0 Å². The molecule has 0 bridgehead atoms. The number of benzene rings is 6. The average Bonchev–Trinajstić information content (AvgIpc) is 1.65. The number of nitrogens with one attached hydrogen (secondary N) is 1. The average molecular weight is 1550 g/mol. The van der Waals surface area contributed by atoms with Gasteiger partial charge in [0.1, 0.15) is 0 Å². The maximum absolute atomic E-state index is 12.6. The van der Waals surface area contributed by atoms with Crippen LogP contribution in [0.1, 0.15) is 101 Å². The lowest BCUT2D eigenvalue weighted by atomic mass is 10.1. The molecule has 0 fully saturated rings. The van der Waals surface area contributed by atoms with Crippen molar-refractivity contribution < 1.29 is 51.7 Å². The zero-order valence-corrected chi connectivity index (χ0v) is 64.1. The molecule has 110 heavy (non-hydrogen) atoms. The lowest BCUT2D eigenvalue weighted by Gasteiger charge is -2.10. The molecule has 0 aliphatic rings. The van der Waals surface area contributed by atoms with Gasteiger partial charge < -0.3 is 63.1 Å². The zero-order chi connectivity index (χ0) is 76.4. The summed E-state index contributed by atoms with van der Waals surface area (Å²) in [5.74, 6) is 0.259. The number of aromatic nitrogens is 9. The Hall–Kier alpha value is -11.4. The lowest BCUT2D eigenvalue weighted by Crippen LogP contribution is -2.24. The highest BCUT2D eigenvalue weighted by atomic mass is 35.5. The van der Waals surface area contributed by atoms with Crippen LogP contribution in [0, 0.1) is 0 Å². The largest absolute Gasteiger partial charge is 0.490 e. The van der Waals surface area contributed by atoms with E-state index in [0.29, 0.717) is 106 Å². The number of ether oxygens (including phenoxy) is 4. The van der Waals surface area contributed by atoms with Gasteiger partial charge in [-0.2, -0.15) is 0 Å². The number of carbonyl (C=O) groups is 3. The van der Waals surface area contributed by atoms with Crippen molar-refractivity contribution in [2.24, 2.45) is 5.73 Å².